The van der Waals surface area contributed by atoms with Crippen molar-refractivity contribution in [3.63, 3.8) is 0 Å². The molecule has 1 unspecified atom stereocenters. The predicted octanol–water partition coefficient (Wildman–Crippen LogP) is 3.96. The number of hydrogen-bond acceptors (Lipinski definition) is 4. The number of benzene rings is 2. The lowest BCUT2D eigenvalue weighted by atomic mass is 9.94. The van der Waals surface area contributed by atoms with Crippen molar-refractivity contribution < 1.29 is 9.47 Å². The zero-order chi connectivity index (χ0) is 19.0. The third-order valence-corrected chi connectivity index (χ3v) is 6.67. The summed E-state index contributed by atoms with van der Waals surface area (Å²) in [4.78, 5) is 2.56. The Morgan fingerprint density at radius 3 is 2.75 bits per heavy atom. The van der Waals surface area contributed by atoms with Gasteiger partial charge >= 0.3 is 0 Å². The van der Waals surface area contributed by atoms with Crippen LogP contribution in [0.1, 0.15) is 36.8 Å². The molecule has 4 nitrogen and oxygen atoms in total. The molecule has 1 saturated heterocycles. The van der Waals surface area contributed by atoms with Gasteiger partial charge in [-0.2, -0.15) is 0 Å². The highest BCUT2D eigenvalue weighted by atomic mass is 16.5. The van der Waals surface area contributed by atoms with Crippen molar-refractivity contribution in [2.45, 2.75) is 50.2 Å². The Hall–Kier alpha value is -2.20. The van der Waals surface area contributed by atoms with Gasteiger partial charge in [-0.25, -0.2) is 0 Å². The summed E-state index contributed by atoms with van der Waals surface area (Å²) < 4.78 is 12.2. The lowest BCUT2D eigenvalue weighted by Crippen LogP contribution is -2.51. The number of hydrogen-bond donors (Lipinski definition) is 1. The Morgan fingerprint density at radius 1 is 1.14 bits per heavy atom. The van der Waals surface area contributed by atoms with Crippen LogP contribution in [0.25, 0.3) is 0 Å². The van der Waals surface area contributed by atoms with E-state index < -0.39 is 0 Å². The first kappa shape index (κ1) is 17.9. The highest BCUT2D eigenvalue weighted by Crippen LogP contribution is 2.51. The van der Waals surface area contributed by atoms with Crippen molar-refractivity contribution in [2.24, 2.45) is 0 Å². The highest BCUT2D eigenvalue weighted by molar-refractivity contribution is 5.67. The molecule has 2 heterocycles. The molecule has 2 aromatic rings. The van der Waals surface area contributed by atoms with E-state index in [-0.39, 0.29) is 5.60 Å². The number of nitrogens with zero attached hydrogens (tertiary/aromatic N) is 1. The van der Waals surface area contributed by atoms with Crippen LogP contribution in [0.3, 0.4) is 0 Å². The van der Waals surface area contributed by atoms with Crippen LogP contribution >= 0.6 is 0 Å². The molecule has 1 aliphatic carbocycles. The molecular formula is C24H30N2O2. The van der Waals surface area contributed by atoms with Gasteiger partial charge in [-0.3, -0.25) is 0 Å². The number of rotatable bonds is 4. The van der Waals surface area contributed by atoms with Crippen LogP contribution in [-0.2, 0) is 12.8 Å². The van der Waals surface area contributed by atoms with Gasteiger partial charge < -0.3 is 19.7 Å². The van der Waals surface area contributed by atoms with Gasteiger partial charge in [0.1, 0.15) is 5.60 Å². The fraction of sp³-hybridized carbons (Fsp3) is 0.500. The molecule has 0 aromatic heterocycles. The number of nitrogens with one attached hydrogen (secondary N) is 1. The van der Waals surface area contributed by atoms with Crippen LogP contribution < -0.4 is 19.7 Å². The second-order valence-electron chi connectivity index (χ2n) is 8.55. The van der Waals surface area contributed by atoms with Crippen molar-refractivity contribution in [3.8, 4) is 11.5 Å². The number of piperazine rings is 1. The summed E-state index contributed by atoms with van der Waals surface area (Å²) in [5, 5.41) is 3.71. The van der Waals surface area contributed by atoms with E-state index in [1.54, 1.807) is 7.11 Å². The topological polar surface area (TPSA) is 33.7 Å². The van der Waals surface area contributed by atoms with Gasteiger partial charge in [0.15, 0.2) is 11.5 Å². The molecule has 3 aliphatic rings. The summed E-state index contributed by atoms with van der Waals surface area (Å²) in [6, 6.07) is 15.6. The van der Waals surface area contributed by atoms with Gasteiger partial charge in [-0.1, -0.05) is 30.3 Å². The second-order valence-corrected chi connectivity index (χ2v) is 8.55. The lowest BCUT2D eigenvalue weighted by molar-refractivity contribution is 0.0996. The Morgan fingerprint density at radius 2 is 1.96 bits per heavy atom. The van der Waals surface area contributed by atoms with E-state index in [4.69, 9.17) is 9.47 Å². The summed E-state index contributed by atoms with van der Waals surface area (Å²) in [6.07, 6.45) is 6.99. The minimum absolute atomic E-state index is 0.0171. The Bertz CT molecular complexity index is 830. The molecule has 1 N–H and O–H groups in total. The Kier molecular flexibility index (Phi) is 4.67. The molecule has 1 saturated carbocycles. The molecule has 4 heteroatoms. The molecular weight excluding hydrogens is 348 g/mol. The zero-order valence-corrected chi connectivity index (χ0v) is 16.7. The summed E-state index contributed by atoms with van der Waals surface area (Å²) in [7, 11) is 1.75. The normalized spacial score (nSPS) is 22.9. The van der Waals surface area contributed by atoms with Gasteiger partial charge in [-0.05, 0) is 49.8 Å². The highest BCUT2D eigenvalue weighted by Gasteiger charge is 2.44. The van der Waals surface area contributed by atoms with E-state index >= 15 is 0 Å². The van der Waals surface area contributed by atoms with Crippen LogP contribution in [0, 0.1) is 0 Å². The van der Waals surface area contributed by atoms with Crippen molar-refractivity contribution in [1.82, 2.24) is 5.32 Å². The van der Waals surface area contributed by atoms with Crippen LogP contribution in [0.15, 0.2) is 42.5 Å². The van der Waals surface area contributed by atoms with Gasteiger partial charge in [0.05, 0.1) is 7.11 Å². The van der Waals surface area contributed by atoms with Crippen LogP contribution in [-0.4, -0.2) is 38.4 Å². The van der Waals surface area contributed by atoms with E-state index in [9.17, 15) is 0 Å². The maximum absolute atomic E-state index is 6.56. The van der Waals surface area contributed by atoms with Gasteiger partial charge in [0.2, 0.25) is 0 Å². The van der Waals surface area contributed by atoms with Gasteiger partial charge in [0, 0.05) is 43.3 Å². The fourth-order valence-corrected chi connectivity index (χ4v) is 5.29. The molecule has 2 aromatic carbocycles. The second kappa shape index (κ2) is 7.32. The fourth-order valence-electron chi connectivity index (χ4n) is 5.29. The maximum Gasteiger partial charge on any atom is 0.167 e. The molecule has 28 heavy (non-hydrogen) atoms. The summed E-state index contributed by atoms with van der Waals surface area (Å²) >= 11 is 0. The third-order valence-electron chi connectivity index (χ3n) is 6.67. The average molecular weight is 379 g/mol. The van der Waals surface area contributed by atoms with Crippen LogP contribution in [0.4, 0.5) is 5.69 Å². The smallest absolute Gasteiger partial charge is 0.167 e. The Labute approximate surface area is 167 Å². The Balaban J connectivity index is 1.40. The van der Waals surface area contributed by atoms with Gasteiger partial charge in [-0.15, -0.1) is 0 Å². The molecule has 0 bridgehead atoms. The van der Waals surface area contributed by atoms with Gasteiger partial charge in [0.25, 0.3) is 0 Å². The largest absolute Gasteiger partial charge is 0.493 e. The van der Waals surface area contributed by atoms with Crippen LogP contribution in [0.5, 0.6) is 11.5 Å². The third kappa shape index (κ3) is 3.24. The van der Waals surface area contributed by atoms with Crippen molar-refractivity contribution in [1.29, 1.82) is 0 Å². The number of methoxy groups -OCH3 is 1. The number of fused-ring (bicyclic) bond motifs is 1. The summed E-state index contributed by atoms with van der Waals surface area (Å²) in [6.45, 7) is 3.09. The first-order valence-electron chi connectivity index (χ1n) is 10.7. The van der Waals surface area contributed by atoms with E-state index in [0.29, 0.717) is 6.04 Å². The number of ether oxygens (including phenoxy) is 2. The van der Waals surface area contributed by atoms with E-state index in [1.807, 2.05) is 0 Å². The summed E-state index contributed by atoms with van der Waals surface area (Å²) in [5.74, 6) is 1.89. The molecule has 148 valence electrons. The minimum Gasteiger partial charge on any atom is -0.493 e. The van der Waals surface area contributed by atoms with Crippen LogP contribution in [0.2, 0.25) is 0 Å². The van der Waals surface area contributed by atoms with Crippen molar-refractivity contribution in [3.05, 3.63) is 53.6 Å². The molecule has 1 spiro atoms. The predicted molar refractivity (Wildman–Crippen MR) is 113 cm³/mol. The first-order chi connectivity index (χ1) is 13.8. The van der Waals surface area contributed by atoms with E-state index in [2.05, 4.69) is 52.7 Å². The molecule has 2 fully saturated rings. The first-order valence-corrected chi connectivity index (χ1v) is 10.7. The van der Waals surface area contributed by atoms with Crippen molar-refractivity contribution in [2.75, 3.05) is 31.6 Å². The number of anilines is 1. The molecule has 0 radical (unpaired) electrons. The molecule has 1 atom stereocenters. The monoisotopic (exact) mass is 378 g/mol. The lowest BCUT2D eigenvalue weighted by Gasteiger charge is -2.36. The molecule has 0 amide bonds. The van der Waals surface area contributed by atoms with Crippen molar-refractivity contribution >= 4 is 5.69 Å². The van der Waals surface area contributed by atoms with E-state index in [0.717, 1.165) is 44.0 Å². The molecule has 5 rings (SSSR count). The SMILES string of the molecule is COc1ccc(N2CCNC(Cc3ccccc3)C2)c2c1OC1(CCCC1)C2. The average Bonchev–Trinajstić information content (AvgIpc) is 3.34. The standard InChI is InChI=1S/C24H30N2O2/c1-27-22-10-9-21(20-16-24(28-23(20)22)11-5-6-12-24)26-14-13-25-19(17-26)15-18-7-3-2-4-8-18/h2-4,7-10,19,25H,5-6,11-17H2,1H3. The zero-order valence-electron chi connectivity index (χ0n) is 16.7. The minimum atomic E-state index is 0.0171. The molecule has 2 aliphatic heterocycles. The quantitative estimate of drug-likeness (QED) is 0.873. The maximum atomic E-state index is 6.56. The van der Waals surface area contributed by atoms with E-state index in [1.165, 1.54) is 42.5 Å². The summed E-state index contributed by atoms with van der Waals surface area (Å²) in [5.41, 5.74) is 4.12.